The minimum atomic E-state index is -0.109. The van der Waals surface area contributed by atoms with E-state index in [0.29, 0.717) is 42.5 Å². The zero-order chi connectivity index (χ0) is 45.7. The first-order valence-corrected chi connectivity index (χ1v) is 23.6. The van der Waals surface area contributed by atoms with Gasteiger partial charge in [0.05, 0.1) is 32.3 Å². The molecule has 0 unspecified atom stereocenters. The van der Waals surface area contributed by atoms with Gasteiger partial charge in [0, 0.05) is 36.3 Å². The molecule has 13 nitrogen and oxygen atoms in total. The zero-order valence-corrected chi connectivity index (χ0v) is 38.5. The lowest BCUT2D eigenvalue weighted by molar-refractivity contribution is -0.116. The molecule has 4 aliphatic rings. The fraction of sp³-hybridized carbons (Fsp3) is 0.160. The third-order valence-corrected chi connectivity index (χ3v) is 12.5. The van der Waals surface area contributed by atoms with Crippen molar-refractivity contribution in [3.63, 3.8) is 0 Å². The monoisotopic (exact) mass is 932 g/mol. The minimum Gasteiger partial charge on any atom is -0.454 e. The van der Waals surface area contributed by atoms with Crippen LogP contribution in [-0.2, 0) is 20.9 Å². The molecule has 6 heterocycles. The molecule has 66 heavy (non-hydrogen) atoms. The van der Waals surface area contributed by atoms with Crippen LogP contribution in [0.15, 0.2) is 151 Å². The van der Waals surface area contributed by atoms with Gasteiger partial charge in [0.15, 0.2) is 27.0 Å². The van der Waals surface area contributed by atoms with E-state index in [1.54, 1.807) is 12.4 Å². The van der Waals surface area contributed by atoms with E-state index in [-0.39, 0.29) is 24.5 Å². The van der Waals surface area contributed by atoms with Crippen molar-refractivity contribution in [1.82, 2.24) is 25.9 Å². The molecule has 2 aromatic heterocycles. The van der Waals surface area contributed by atoms with Crippen molar-refractivity contribution in [2.75, 3.05) is 19.9 Å². The van der Waals surface area contributed by atoms with Gasteiger partial charge < -0.3 is 25.4 Å². The fourth-order valence-corrected chi connectivity index (χ4v) is 9.02. The molecule has 3 fully saturated rings. The number of pyridine rings is 2. The van der Waals surface area contributed by atoms with Gasteiger partial charge in [-0.3, -0.25) is 39.3 Å². The number of fused-ring (bicyclic) bond motifs is 3. The molecule has 10 rings (SSSR count). The number of ether oxygens (including phenoxy) is 2. The van der Waals surface area contributed by atoms with Crippen molar-refractivity contribution in [1.29, 1.82) is 0 Å². The van der Waals surface area contributed by atoms with Gasteiger partial charge in [-0.1, -0.05) is 74.5 Å². The van der Waals surface area contributed by atoms with E-state index in [4.69, 9.17) is 9.47 Å². The van der Waals surface area contributed by atoms with Crippen molar-refractivity contribution in [3.05, 3.63) is 159 Å². The number of rotatable bonds is 9. The summed E-state index contributed by atoms with van der Waals surface area (Å²) < 4.78 is 10.6. The molecule has 332 valence electrons. The summed E-state index contributed by atoms with van der Waals surface area (Å²) in [6, 6.07) is 35.4. The second kappa shape index (κ2) is 22.3. The van der Waals surface area contributed by atoms with Gasteiger partial charge in [-0.2, -0.15) is 0 Å². The summed E-state index contributed by atoms with van der Waals surface area (Å²) in [6.07, 6.45) is 11.1. The van der Waals surface area contributed by atoms with Crippen LogP contribution in [0.2, 0.25) is 0 Å². The number of thioether (sulfide) groups is 3. The van der Waals surface area contributed by atoms with Crippen molar-refractivity contribution in [2.45, 2.75) is 33.2 Å². The minimum absolute atomic E-state index is 0.0823. The Hall–Kier alpha value is -7.01. The molecule has 0 radical (unpaired) electrons. The molecular formula is C50H44N8O5S3. The van der Waals surface area contributed by atoms with Crippen LogP contribution in [0.3, 0.4) is 0 Å². The third-order valence-electron chi connectivity index (χ3n) is 9.70. The average Bonchev–Trinajstić information content (AvgIpc) is 4.13. The zero-order valence-electron chi connectivity index (χ0n) is 36.0. The Bertz CT molecular complexity index is 2990. The molecule has 0 saturated carbocycles. The molecule has 6 aromatic rings. The first kappa shape index (κ1) is 45.6. The Kier molecular flexibility index (Phi) is 15.4. The van der Waals surface area contributed by atoms with Gasteiger partial charge in [-0.15, -0.1) is 0 Å². The molecule has 3 saturated heterocycles. The van der Waals surface area contributed by atoms with Crippen LogP contribution in [0.5, 0.6) is 11.5 Å². The lowest BCUT2D eigenvalue weighted by Gasteiger charge is -1.99. The maximum absolute atomic E-state index is 12.2. The second-order valence-electron chi connectivity index (χ2n) is 14.7. The van der Waals surface area contributed by atoms with E-state index in [1.165, 1.54) is 35.3 Å². The predicted molar refractivity (Wildman–Crippen MR) is 270 cm³/mol. The van der Waals surface area contributed by atoms with E-state index in [2.05, 4.69) is 54.7 Å². The van der Waals surface area contributed by atoms with Crippen molar-refractivity contribution >= 4 is 109 Å². The Morgan fingerprint density at radius 1 is 0.545 bits per heavy atom. The predicted octanol–water partition coefficient (Wildman–Crippen LogP) is 9.58. The second-order valence-corrected chi connectivity index (χ2v) is 17.8. The summed E-state index contributed by atoms with van der Waals surface area (Å²) in [4.78, 5) is 59.6. The smallest absolute Gasteiger partial charge is 0.264 e. The highest BCUT2D eigenvalue weighted by Crippen LogP contribution is 2.35. The molecule has 0 bridgehead atoms. The van der Waals surface area contributed by atoms with Crippen LogP contribution in [0, 0.1) is 0 Å². The van der Waals surface area contributed by atoms with Gasteiger partial charge in [-0.25, -0.2) is 0 Å². The van der Waals surface area contributed by atoms with Gasteiger partial charge in [0.1, 0.15) is 0 Å². The van der Waals surface area contributed by atoms with E-state index in [0.717, 1.165) is 75.7 Å². The SMILES string of the molecule is CCCN=C1NC(=O)C(=Cc2ccc3c(c2)OCO3)S1.CCCN=C1NC(=O)C(=Cc2ccc3ncccc3c2)S1.O=C1NC(=NCc2ccccc2)SC1=Cc1ccc2ncccc2c1. The number of hydrogen-bond donors (Lipinski definition) is 3. The van der Waals surface area contributed by atoms with Gasteiger partial charge in [-0.05, 0) is 137 Å². The highest BCUT2D eigenvalue weighted by molar-refractivity contribution is 8.19. The Morgan fingerprint density at radius 3 is 1.53 bits per heavy atom. The van der Waals surface area contributed by atoms with Crippen LogP contribution in [0.1, 0.15) is 48.9 Å². The summed E-state index contributed by atoms with van der Waals surface area (Å²) in [5, 5.41) is 12.5. The number of benzene rings is 4. The Balaban J connectivity index is 0.000000136. The lowest BCUT2D eigenvalue weighted by atomic mass is 10.1. The van der Waals surface area contributed by atoms with Crippen LogP contribution < -0.4 is 25.4 Å². The van der Waals surface area contributed by atoms with Gasteiger partial charge in [0.25, 0.3) is 17.7 Å². The summed E-state index contributed by atoms with van der Waals surface area (Å²) in [6.45, 7) is 6.37. The number of nitrogens with zero attached hydrogens (tertiary/aromatic N) is 5. The highest BCUT2D eigenvalue weighted by atomic mass is 32.2. The standard InChI is InChI=1S/C20H15N3OS.C16H15N3OS.C14H14N2O3S/c24-19-18(12-15-8-9-17-16(11-15)7-4-10-21-17)25-20(23-19)22-13-14-5-2-1-3-6-14;1-2-7-18-16-19-15(20)14(21-16)10-11-5-6-13-12(9-11)4-3-8-17-13;1-2-5-15-14-16-13(17)12(20-14)7-9-3-4-10-11(6-9)19-8-18-10/h1-12H,13H2,(H,22,23,24);3-6,8-10H,2,7H2,1H3,(H,18,19,20);3-4,6-7H,2,5,8H2,1H3,(H,15,16,17). The van der Waals surface area contributed by atoms with Crippen LogP contribution in [0.25, 0.3) is 40.0 Å². The number of amides is 3. The van der Waals surface area contributed by atoms with E-state index < -0.39 is 0 Å². The number of nitrogens with one attached hydrogen (secondary N) is 3. The van der Waals surface area contributed by atoms with Crippen molar-refractivity contribution < 1.29 is 23.9 Å². The molecule has 4 aromatic carbocycles. The summed E-state index contributed by atoms with van der Waals surface area (Å²) in [5.74, 6) is 1.15. The summed E-state index contributed by atoms with van der Waals surface area (Å²) >= 11 is 4.13. The van der Waals surface area contributed by atoms with E-state index in [1.807, 2.05) is 127 Å². The van der Waals surface area contributed by atoms with E-state index in [9.17, 15) is 14.4 Å². The Morgan fingerprint density at radius 2 is 1.02 bits per heavy atom. The molecule has 0 atom stereocenters. The largest absolute Gasteiger partial charge is 0.454 e. The van der Waals surface area contributed by atoms with Crippen molar-refractivity contribution in [2.24, 2.45) is 15.0 Å². The molecule has 0 aliphatic carbocycles. The molecule has 3 N–H and O–H groups in total. The summed E-state index contributed by atoms with van der Waals surface area (Å²) in [5.41, 5.74) is 5.88. The maximum Gasteiger partial charge on any atom is 0.264 e. The number of aromatic nitrogens is 2. The highest BCUT2D eigenvalue weighted by Gasteiger charge is 2.25. The fourth-order valence-electron chi connectivity index (χ4n) is 6.50. The maximum atomic E-state index is 12.2. The van der Waals surface area contributed by atoms with E-state index >= 15 is 0 Å². The quantitative estimate of drug-likeness (QED) is 0.119. The Labute approximate surface area is 394 Å². The van der Waals surface area contributed by atoms with Crippen molar-refractivity contribution in [3.8, 4) is 11.5 Å². The third kappa shape index (κ3) is 12.2. The lowest BCUT2D eigenvalue weighted by Crippen LogP contribution is -2.19. The van der Waals surface area contributed by atoms with Gasteiger partial charge in [0.2, 0.25) is 6.79 Å². The molecular weight excluding hydrogens is 889 g/mol. The summed E-state index contributed by atoms with van der Waals surface area (Å²) in [7, 11) is 0. The molecule has 3 amide bonds. The van der Waals surface area contributed by atoms with Crippen LogP contribution in [-0.4, -0.2) is 63.1 Å². The number of carbonyl (C=O) groups is 3. The first-order valence-electron chi connectivity index (χ1n) is 21.2. The molecule has 16 heteroatoms. The normalized spacial score (nSPS) is 18.8. The number of amidine groups is 3. The van der Waals surface area contributed by atoms with Crippen LogP contribution in [0.4, 0.5) is 0 Å². The topological polar surface area (TPSA) is 169 Å². The van der Waals surface area contributed by atoms with Crippen LogP contribution >= 0.6 is 35.3 Å². The number of carbonyl (C=O) groups excluding carboxylic acids is 3. The molecule has 4 aliphatic heterocycles. The number of aliphatic imine (C=N–C) groups is 3. The average molecular weight is 933 g/mol. The van der Waals surface area contributed by atoms with Gasteiger partial charge >= 0.3 is 0 Å². The molecule has 0 spiro atoms. The number of hydrogen-bond acceptors (Lipinski definition) is 13. The first-order chi connectivity index (χ1) is 32.3.